The number of benzene rings is 1. The van der Waals surface area contributed by atoms with Gasteiger partial charge in [-0.3, -0.25) is 9.78 Å². The molecule has 9 heteroatoms. The van der Waals surface area contributed by atoms with E-state index < -0.39 is 5.91 Å². The third-order valence-corrected chi connectivity index (χ3v) is 4.73. The van der Waals surface area contributed by atoms with E-state index in [2.05, 4.69) is 20.5 Å². The maximum absolute atomic E-state index is 11.3. The number of pyridine rings is 1. The number of fused-ring (bicyclic) bond motifs is 1. The van der Waals surface area contributed by atoms with Gasteiger partial charge < -0.3 is 24.9 Å². The number of aromatic nitrogens is 3. The van der Waals surface area contributed by atoms with Crippen LogP contribution in [0.15, 0.2) is 53.3 Å². The molecule has 9 nitrogen and oxygen atoms in total. The summed E-state index contributed by atoms with van der Waals surface area (Å²) < 4.78 is 16.7. The van der Waals surface area contributed by atoms with Crippen molar-refractivity contribution in [2.75, 3.05) is 19.0 Å². The van der Waals surface area contributed by atoms with E-state index in [4.69, 9.17) is 19.6 Å². The summed E-state index contributed by atoms with van der Waals surface area (Å²) in [6.45, 7) is 2.29. The molecule has 158 valence electrons. The van der Waals surface area contributed by atoms with E-state index in [1.54, 1.807) is 37.8 Å². The Kier molecular flexibility index (Phi) is 5.65. The fraction of sp³-hybridized carbons (Fsp3) is 0.182. The number of nitrogens with zero attached hydrogens (tertiary/aromatic N) is 3. The highest BCUT2D eigenvalue weighted by molar-refractivity contribution is 5.92. The Morgan fingerprint density at radius 1 is 1.19 bits per heavy atom. The number of aryl methyl sites for hydroxylation is 1. The molecule has 0 aliphatic rings. The highest BCUT2D eigenvalue weighted by atomic mass is 16.5. The van der Waals surface area contributed by atoms with Gasteiger partial charge in [0.2, 0.25) is 5.58 Å². The molecule has 4 aromatic rings. The van der Waals surface area contributed by atoms with Gasteiger partial charge in [0.05, 0.1) is 25.4 Å². The van der Waals surface area contributed by atoms with Gasteiger partial charge in [0.15, 0.2) is 5.82 Å². The van der Waals surface area contributed by atoms with Crippen LogP contribution in [0, 0.1) is 6.92 Å². The summed E-state index contributed by atoms with van der Waals surface area (Å²) >= 11 is 0. The van der Waals surface area contributed by atoms with Crippen LogP contribution in [0.1, 0.15) is 21.6 Å². The molecule has 3 N–H and O–H groups in total. The standard InChI is InChI=1S/C22H21N5O4/c1-13-3-4-15(12-18(13)29-2)25-21-16-7-10-30-19(16)22(27-26-21)31-9-6-14-5-8-24-17(11-14)20(23)28/h3-5,7-8,10-12H,6,9H2,1-2H3,(H2,23,28)(H,25,26). The molecule has 1 aromatic carbocycles. The summed E-state index contributed by atoms with van der Waals surface area (Å²) in [4.78, 5) is 15.2. The minimum absolute atomic E-state index is 0.217. The van der Waals surface area contributed by atoms with Crippen LogP contribution in [0.4, 0.5) is 11.5 Å². The smallest absolute Gasteiger partial charge is 0.277 e. The number of nitrogens with two attached hydrogens (primary N) is 1. The monoisotopic (exact) mass is 419 g/mol. The highest BCUT2D eigenvalue weighted by Gasteiger charge is 2.14. The molecule has 0 radical (unpaired) electrons. The molecule has 0 saturated heterocycles. The molecule has 0 saturated carbocycles. The van der Waals surface area contributed by atoms with E-state index in [1.807, 2.05) is 25.1 Å². The number of hydrogen-bond donors (Lipinski definition) is 2. The van der Waals surface area contributed by atoms with Crippen LogP contribution >= 0.6 is 0 Å². The molecule has 0 fully saturated rings. The van der Waals surface area contributed by atoms with Crippen molar-refractivity contribution in [3.05, 3.63) is 65.7 Å². The molecule has 0 aliphatic carbocycles. The lowest BCUT2D eigenvalue weighted by Gasteiger charge is -2.11. The number of ether oxygens (including phenoxy) is 2. The topological polar surface area (TPSA) is 125 Å². The van der Waals surface area contributed by atoms with E-state index in [0.717, 1.165) is 28.0 Å². The average Bonchev–Trinajstić information content (AvgIpc) is 3.27. The first-order chi connectivity index (χ1) is 15.0. The Balaban J connectivity index is 1.49. The number of carbonyl (C=O) groups excluding carboxylic acids is 1. The van der Waals surface area contributed by atoms with Gasteiger partial charge in [-0.1, -0.05) is 6.07 Å². The summed E-state index contributed by atoms with van der Waals surface area (Å²) in [6, 6.07) is 11.0. The lowest BCUT2D eigenvalue weighted by Crippen LogP contribution is -2.13. The Bertz CT molecular complexity index is 1240. The number of primary amides is 1. The summed E-state index contributed by atoms with van der Waals surface area (Å²) in [6.07, 6.45) is 3.64. The van der Waals surface area contributed by atoms with Crippen LogP contribution in [-0.4, -0.2) is 34.8 Å². The SMILES string of the molecule is COc1cc(Nc2nnc(OCCc3ccnc(C(N)=O)c3)c3occc23)ccc1C. The predicted octanol–water partition coefficient (Wildman–Crippen LogP) is 3.40. The van der Waals surface area contributed by atoms with E-state index >= 15 is 0 Å². The minimum Gasteiger partial charge on any atom is -0.496 e. The second kappa shape index (κ2) is 8.70. The number of hydrogen-bond acceptors (Lipinski definition) is 8. The van der Waals surface area contributed by atoms with Gasteiger partial charge in [0, 0.05) is 24.4 Å². The molecule has 4 rings (SSSR count). The first-order valence-corrected chi connectivity index (χ1v) is 9.58. The maximum atomic E-state index is 11.3. The molecule has 31 heavy (non-hydrogen) atoms. The van der Waals surface area contributed by atoms with E-state index in [-0.39, 0.29) is 11.6 Å². The number of methoxy groups -OCH3 is 1. The molecule has 1 amide bonds. The lowest BCUT2D eigenvalue weighted by atomic mass is 10.2. The van der Waals surface area contributed by atoms with Crippen molar-refractivity contribution < 1.29 is 18.7 Å². The fourth-order valence-corrected chi connectivity index (χ4v) is 3.11. The Morgan fingerprint density at radius 3 is 2.87 bits per heavy atom. The van der Waals surface area contributed by atoms with Crippen molar-refractivity contribution in [3.63, 3.8) is 0 Å². The number of rotatable bonds is 8. The second-order valence-electron chi connectivity index (χ2n) is 6.84. The van der Waals surface area contributed by atoms with Crippen molar-refractivity contribution in [3.8, 4) is 11.6 Å². The lowest BCUT2D eigenvalue weighted by molar-refractivity contribution is 0.0995. The minimum atomic E-state index is -0.569. The number of furan rings is 1. The first-order valence-electron chi connectivity index (χ1n) is 9.58. The molecular formula is C22H21N5O4. The molecular weight excluding hydrogens is 398 g/mol. The molecule has 0 bridgehead atoms. The van der Waals surface area contributed by atoms with Crippen LogP contribution < -0.4 is 20.5 Å². The van der Waals surface area contributed by atoms with Gasteiger partial charge in [0.25, 0.3) is 11.8 Å². The average molecular weight is 419 g/mol. The van der Waals surface area contributed by atoms with Crippen molar-refractivity contribution in [1.29, 1.82) is 0 Å². The van der Waals surface area contributed by atoms with Gasteiger partial charge in [-0.15, -0.1) is 10.2 Å². The van der Waals surface area contributed by atoms with Crippen LogP contribution in [0.5, 0.6) is 11.6 Å². The normalized spacial score (nSPS) is 10.8. The Morgan fingerprint density at radius 2 is 2.06 bits per heavy atom. The van der Waals surface area contributed by atoms with Gasteiger partial charge in [0.1, 0.15) is 11.4 Å². The molecule has 3 aromatic heterocycles. The summed E-state index contributed by atoms with van der Waals surface area (Å²) in [7, 11) is 1.63. The highest BCUT2D eigenvalue weighted by Crippen LogP contribution is 2.31. The van der Waals surface area contributed by atoms with Gasteiger partial charge in [-0.05, 0) is 42.3 Å². The van der Waals surface area contributed by atoms with Crippen LogP contribution in [0.2, 0.25) is 0 Å². The van der Waals surface area contributed by atoms with E-state index in [0.29, 0.717) is 24.4 Å². The second-order valence-corrected chi connectivity index (χ2v) is 6.84. The zero-order valence-electron chi connectivity index (χ0n) is 17.1. The third-order valence-electron chi connectivity index (χ3n) is 4.73. The Labute approximate surface area is 178 Å². The van der Waals surface area contributed by atoms with Crippen LogP contribution in [0.3, 0.4) is 0 Å². The molecule has 0 spiro atoms. The van der Waals surface area contributed by atoms with Gasteiger partial charge in [-0.2, -0.15) is 0 Å². The molecule has 0 atom stereocenters. The van der Waals surface area contributed by atoms with Crippen LogP contribution in [-0.2, 0) is 6.42 Å². The zero-order chi connectivity index (χ0) is 21.8. The molecule has 3 heterocycles. The van der Waals surface area contributed by atoms with Crippen LogP contribution in [0.25, 0.3) is 11.0 Å². The zero-order valence-corrected chi connectivity index (χ0v) is 17.1. The van der Waals surface area contributed by atoms with Crippen molar-refractivity contribution >= 4 is 28.4 Å². The molecule has 0 unspecified atom stereocenters. The van der Waals surface area contributed by atoms with Gasteiger partial charge >= 0.3 is 0 Å². The van der Waals surface area contributed by atoms with E-state index in [1.165, 1.54) is 0 Å². The number of amides is 1. The number of anilines is 2. The quantitative estimate of drug-likeness (QED) is 0.445. The molecule has 0 aliphatic heterocycles. The third kappa shape index (κ3) is 4.40. The summed E-state index contributed by atoms with van der Waals surface area (Å²) in [5.74, 6) is 1.04. The predicted molar refractivity (Wildman–Crippen MR) is 115 cm³/mol. The summed E-state index contributed by atoms with van der Waals surface area (Å²) in [5, 5.41) is 12.4. The van der Waals surface area contributed by atoms with Gasteiger partial charge in [-0.25, -0.2) is 0 Å². The fourth-order valence-electron chi connectivity index (χ4n) is 3.11. The largest absolute Gasteiger partial charge is 0.496 e. The Hall–Kier alpha value is -4.14. The maximum Gasteiger partial charge on any atom is 0.277 e. The summed E-state index contributed by atoms with van der Waals surface area (Å²) in [5.41, 5.74) is 8.70. The van der Waals surface area contributed by atoms with Crippen molar-refractivity contribution in [2.45, 2.75) is 13.3 Å². The van der Waals surface area contributed by atoms with Crippen molar-refractivity contribution in [1.82, 2.24) is 15.2 Å². The van der Waals surface area contributed by atoms with Crippen molar-refractivity contribution in [2.24, 2.45) is 5.73 Å². The first kappa shape index (κ1) is 20.1. The number of nitrogens with one attached hydrogen (secondary N) is 1. The van der Waals surface area contributed by atoms with E-state index in [9.17, 15) is 4.79 Å². The number of carbonyl (C=O) groups is 1.